The first-order valence-electron chi connectivity index (χ1n) is 12.5. The van der Waals surface area contributed by atoms with Crippen LogP contribution < -0.4 is 11.1 Å². The minimum Gasteiger partial charge on any atom is -0.383 e. The lowest BCUT2D eigenvalue weighted by Crippen LogP contribution is -2.37. The number of nitrogen functional groups attached to an aromatic ring is 1. The summed E-state index contributed by atoms with van der Waals surface area (Å²) in [4.78, 5) is 20.8. The molecular formula is C27H32N6O3S. The number of anilines is 2. The molecule has 1 amide bonds. The second kappa shape index (κ2) is 9.75. The minimum atomic E-state index is -3.30. The van der Waals surface area contributed by atoms with Gasteiger partial charge in [0.1, 0.15) is 17.8 Å². The van der Waals surface area contributed by atoms with E-state index in [4.69, 9.17) is 5.73 Å². The number of benzene rings is 1. The second-order valence-corrected chi connectivity index (χ2v) is 12.0. The van der Waals surface area contributed by atoms with Crippen LogP contribution in [0.3, 0.4) is 0 Å². The number of hydrogen-bond acceptors (Lipinski definition) is 6. The van der Waals surface area contributed by atoms with Crippen LogP contribution in [-0.2, 0) is 21.9 Å². The van der Waals surface area contributed by atoms with Gasteiger partial charge in [0.05, 0.1) is 16.3 Å². The van der Waals surface area contributed by atoms with E-state index in [0.29, 0.717) is 55.1 Å². The van der Waals surface area contributed by atoms with E-state index in [0.717, 1.165) is 40.6 Å². The molecule has 2 aliphatic rings. The van der Waals surface area contributed by atoms with E-state index in [1.54, 1.807) is 11.2 Å². The number of fused-ring (bicyclic) bond motifs is 1. The summed E-state index contributed by atoms with van der Waals surface area (Å²) in [7, 11) is -1.36. The van der Waals surface area contributed by atoms with E-state index < -0.39 is 15.3 Å². The first-order valence-corrected chi connectivity index (χ1v) is 14.0. The van der Waals surface area contributed by atoms with Crippen LogP contribution in [0.5, 0.6) is 0 Å². The van der Waals surface area contributed by atoms with E-state index in [2.05, 4.69) is 21.9 Å². The highest BCUT2D eigenvalue weighted by Gasteiger charge is 2.35. The molecule has 1 aromatic carbocycles. The van der Waals surface area contributed by atoms with Gasteiger partial charge >= 0.3 is 0 Å². The number of rotatable bonds is 6. The molecule has 1 saturated heterocycles. The molecule has 0 radical (unpaired) electrons. The van der Waals surface area contributed by atoms with E-state index in [-0.39, 0.29) is 5.91 Å². The molecule has 10 heteroatoms. The molecule has 1 aliphatic heterocycles. The minimum absolute atomic E-state index is 0.230. The second-order valence-electron chi connectivity index (χ2n) is 9.83. The molecule has 1 fully saturated rings. The fourth-order valence-corrected chi connectivity index (χ4v) is 7.28. The van der Waals surface area contributed by atoms with Crippen molar-refractivity contribution in [3.05, 3.63) is 54.4 Å². The Balaban J connectivity index is 1.55. The number of sulfonamides is 1. The number of carbonyl (C=O) groups excluding carboxylic acids is 1. The van der Waals surface area contributed by atoms with Crippen molar-refractivity contribution in [3.63, 3.8) is 0 Å². The third kappa shape index (κ3) is 4.55. The number of nitrogens with two attached hydrogens (primary N) is 1. The number of allylic oxidation sites excluding steroid dienone is 2. The standard InChI is InChI=1S/C27H32N6O3S/c1-17(2)27(34)31-20-10-6-19(7-11-20)24-22(23-25(28)29-16-30-26(23)32(24)3)18-8-12-21(13-9-18)37(35,36)33-14-4-5-15-33/h6-8,10-11,16,21H,1,4-5,9,12-15H2,2-3H3,(H,31,34)(H2,28,29,30)/t21-/m0/s1. The Morgan fingerprint density at radius 1 is 1.16 bits per heavy atom. The van der Waals surface area contributed by atoms with E-state index in [1.165, 1.54) is 6.33 Å². The van der Waals surface area contributed by atoms with Crippen LogP contribution in [0.15, 0.2) is 48.8 Å². The van der Waals surface area contributed by atoms with E-state index >= 15 is 0 Å². The Morgan fingerprint density at radius 2 is 1.86 bits per heavy atom. The number of carbonyl (C=O) groups is 1. The van der Waals surface area contributed by atoms with Crippen molar-refractivity contribution < 1.29 is 13.2 Å². The molecule has 37 heavy (non-hydrogen) atoms. The smallest absolute Gasteiger partial charge is 0.250 e. The highest BCUT2D eigenvalue weighted by Crippen LogP contribution is 2.43. The van der Waals surface area contributed by atoms with E-state index in [1.807, 2.05) is 42.0 Å². The number of hydrogen-bond donors (Lipinski definition) is 2. The van der Waals surface area contributed by atoms with Gasteiger partial charge in [0.25, 0.3) is 5.91 Å². The number of nitrogens with zero attached hydrogens (tertiary/aromatic N) is 4. The average Bonchev–Trinajstić information content (AvgIpc) is 3.53. The van der Waals surface area contributed by atoms with Gasteiger partial charge in [-0.25, -0.2) is 22.7 Å². The molecule has 3 N–H and O–H groups in total. The van der Waals surface area contributed by atoms with Gasteiger partial charge in [0.15, 0.2) is 0 Å². The summed E-state index contributed by atoms with van der Waals surface area (Å²) in [6.45, 7) is 6.59. The predicted molar refractivity (Wildman–Crippen MR) is 147 cm³/mol. The summed E-state index contributed by atoms with van der Waals surface area (Å²) in [5.41, 5.74) is 12.0. The van der Waals surface area contributed by atoms with Crippen LogP contribution in [-0.4, -0.2) is 51.5 Å². The van der Waals surface area contributed by atoms with Crippen LogP contribution in [0.25, 0.3) is 27.9 Å². The molecule has 9 nitrogen and oxygen atoms in total. The van der Waals surface area contributed by atoms with Gasteiger partial charge in [-0.1, -0.05) is 24.8 Å². The van der Waals surface area contributed by atoms with Gasteiger partial charge in [-0.2, -0.15) is 0 Å². The Morgan fingerprint density at radius 3 is 2.49 bits per heavy atom. The fraction of sp³-hybridized carbons (Fsp3) is 0.370. The number of aryl methyl sites for hydroxylation is 1. The first kappa shape index (κ1) is 25.2. The molecular weight excluding hydrogens is 488 g/mol. The van der Waals surface area contributed by atoms with Crippen LogP contribution >= 0.6 is 0 Å². The Kier molecular flexibility index (Phi) is 6.63. The first-order chi connectivity index (χ1) is 17.7. The monoisotopic (exact) mass is 520 g/mol. The average molecular weight is 521 g/mol. The predicted octanol–water partition coefficient (Wildman–Crippen LogP) is 4.09. The molecule has 0 unspecified atom stereocenters. The number of nitrogens with one attached hydrogen (secondary N) is 1. The maximum absolute atomic E-state index is 13.2. The van der Waals surface area contributed by atoms with Crippen molar-refractivity contribution in [3.8, 4) is 11.3 Å². The van der Waals surface area contributed by atoms with Crippen LogP contribution in [0.1, 0.15) is 44.6 Å². The molecule has 0 spiro atoms. The summed E-state index contributed by atoms with van der Waals surface area (Å²) in [5, 5.41) is 3.20. The van der Waals surface area contributed by atoms with E-state index in [9.17, 15) is 13.2 Å². The van der Waals surface area contributed by atoms with Gasteiger partial charge in [0, 0.05) is 37.0 Å². The van der Waals surface area contributed by atoms with Crippen LogP contribution in [0, 0.1) is 0 Å². The fourth-order valence-electron chi connectivity index (χ4n) is 5.34. The van der Waals surface area contributed by atoms with Gasteiger partial charge < -0.3 is 15.6 Å². The van der Waals surface area contributed by atoms with Gasteiger partial charge in [-0.15, -0.1) is 0 Å². The maximum atomic E-state index is 13.2. The molecule has 2 aromatic heterocycles. The molecule has 3 aromatic rings. The zero-order chi connectivity index (χ0) is 26.3. The topological polar surface area (TPSA) is 123 Å². The van der Waals surface area contributed by atoms with Crippen LogP contribution in [0.2, 0.25) is 0 Å². The molecule has 194 valence electrons. The molecule has 0 bridgehead atoms. The normalized spacial score (nSPS) is 18.6. The summed E-state index contributed by atoms with van der Waals surface area (Å²) in [6, 6.07) is 7.58. The SMILES string of the molecule is C=C(C)C(=O)Nc1ccc(-c2c(C3=CC[C@H](S(=O)(=O)N4CCCC4)CC3)c3c(N)ncnc3n2C)cc1. The number of aromatic nitrogens is 3. The van der Waals surface area contributed by atoms with Crippen molar-refractivity contribution >= 4 is 44.0 Å². The van der Waals surface area contributed by atoms with Crippen molar-refractivity contribution in [2.75, 3.05) is 24.1 Å². The van der Waals surface area contributed by atoms with Crippen molar-refractivity contribution in [2.24, 2.45) is 7.05 Å². The highest BCUT2D eigenvalue weighted by atomic mass is 32.2. The third-order valence-electron chi connectivity index (χ3n) is 7.33. The quantitative estimate of drug-likeness (QED) is 0.472. The largest absolute Gasteiger partial charge is 0.383 e. The molecule has 5 rings (SSSR count). The summed E-state index contributed by atoms with van der Waals surface area (Å²) >= 11 is 0. The van der Waals surface area contributed by atoms with Gasteiger partial charge in [-0.05, 0) is 62.3 Å². The van der Waals surface area contributed by atoms with Crippen molar-refractivity contribution in [2.45, 2.75) is 44.3 Å². The van der Waals surface area contributed by atoms with Crippen molar-refractivity contribution in [1.82, 2.24) is 18.8 Å². The van der Waals surface area contributed by atoms with Gasteiger partial charge in [0.2, 0.25) is 10.0 Å². The lowest BCUT2D eigenvalue weighted by Gasteiger charge is -2.27. The molecule has 0 saturated carbocycles. The zero-order valence-electron chi connectivity index (χ0n) is 21.2. The number of amides is 1. The Labute approximate surface area is 217 Å². The third-order valence-corrected chi connectivity index (χ3v) is 9.69. The molecule has 1 atom stereocenters. The summed E-state index contributed by atoms with van der Waals surface area (Å²) in [6.07, 6.45) is 7.00. The highest BCUT2D eigenvalue weighted by molar-refractivity contribution is 7.89. The summed E-state index contributed by atoms with van der Waals surface area (Å²) < 4.78 is 30.0. The Bertz CT molecular complexity index is 1520. The lowest BCUT2D eigenvalue weighted by molar-refractivity contribution is -0.112. The molecule has 1 aliphatic carbocycles. The lowest BCUT2D eigenvalue weighted by atomic mass is 9.90. The Hall–Kier alpha value is -3.50. The van der Waals surface area contributed by atoms with Crippen molar-refractivity contribution in [1.29, 1.82) is 0 Å². The zero-order valence-corrected chi connectivity index (χ0v) is 22.0. The van der Waals surface area contributed by atoms with Gasteiger partial charge in [-0.3, -0.25) is 4.79 Å². The van der Waals surface area contributed by atoms with Crippen LogP contribution in [0.4, 0.5) is 11.5 Å². The molecule has 3 heterocycles. The maximum Gasteiger partial charge on any atom is 0.250 e. The summed E-state index contributed by atoms with van der Waals surface area (Å²) in [5.74, 6) is 0.159.